The Morgan fingerprint density at radius 2 is 1.83 bits per heavy atom. The molecule has 1 heterocycles. The summed E-state index contributed by atoms with van der Waals surface area (Å²) in [5.74, 6) is 0.738. The van der Waals surface area contributed by atoms with Gasteiger partial charge in [0.1, 0.15) is 0 Å². The van der Waals surface area contributed by atoms with Gasteiger partial charge in [0.25, 0.3) is 0 Å². The molecule has 0 aromatic heterocycles. The molecule has 1 fully saturated rings. The first-order valence-electron chi connectivity index (χ1n) is 6.02. The lowest BCUT2D eigenvalue weighted by Gasteiger charge is -2.20. The van der Waals surface area contributed by atoms with Gasteiger partial charge in [-0.2, -0.15) is 0 Å². The maximum Gasteiger partial charge on any atom is 0.628 e. The third kappa shape index (κ3) is 5.68. The van der Waals surface area contributed by atoms with E-state index in [2.05, 4.69) is 6.92 Å². The van der Waals surface area contributed by atoms with Crippen LogP contribution in [0.4, 0.5) is 0 Å². The number of hydrogen-bond acceptors (Lipinski definition) is 5. The van der Waals surface area contributed by atoms with Gasteiger partial charge in [-0.25, -0.2) is 0 Å². The average Bonchev–Trinajstić information content (AvgIpc) is 2.26. The summed E-state index contributed by atoms with van der Waals surface area (Å²) in [5, 5.41) is 0. The highest BCUT2D eigenvalue weighted by Gasteiger charge is 2.28. The van der Waals surface area contributed by atoms with Crippen LogP contribution in [-0.4, -0.2) is 44.1 Å². The van der Waals surface area contributed by atoms with Crippen molar-refractivity contribution >= 4 is 19.1 Å². The maximum atomic E-state index is 11.4. The Labute approximate surface area is 108 Å². The number of hydrogen-bond donors (Lipinski definition) is 0. The normalized spacial score (nSPS) is 18.9. The summed E-state index contributed by atoms with van der Waals surface area (Å²) in [7, 11) is 0.733. The van der Waals surface area contributed by atoms with Crippen LogP contribution in [0.2, 0.25) is 0 Å². The van der Waals surface area contributed by atoms with E-state index in [1.165, 1.54) is 0 Å². The second kappa shape index (κ2) is 7.71. The molecule has 1 rings (SSSR count). The number of nitrogens with zero attached hydrogens (tertiary/aromatic N) is 1. The van der Waals surface area contributed by atoms with Crippen molar-refractivity contribution in [1.29, 1.82) is 0 Å². The lowest BCUT2D eigenvalue weighted by atomic mass is 9.89. The number of carbonyl (C=O) groups is 2. The van der Waals surface area contributed by atoms with Gasteiger partial charge in [0, 0.05) is 0 Å². The van der Waals surface area contributed by atoms with Crippen LogP contribution in [0, 0.1) is 0 Å². The van der Waals surface area contributed by atoms with Crippen LogP contribution in [0.1, 0.15) is 19.8 Å². The van der Waals surface area contributed by atoms with E-state index >= 15 is 0 Å². The number of allylic oxidation sites excluding steroid dienone is 3. The van der Waals surface area contributed by atoms with Gasteiger partial charge < -0.3 is 9.31 Å². The molecule has 1 aliphatic rings. The summed E-state index contributed by atoms with van der Waals surface area (Å²) in [6.45, 7) is 2.26. The van der Waals surface area contributed by atoms with E-state index in [0.717, 1.165) is 12.8 Å². The number of carbonyl (C=O) groups excluding carboxylic acids is 2. The molecule has 6 heteroatoms. The summed E-state index contributed by atoms with van der Waals surface area (Å²) in [4.78, 5) is 24.3. The Kier molecular flexibility index (Phi) is 6.21. The van der Waals surface area contributed by atoms with Crippen molar-refractivity contribution in [3.63, 3.8) is 0 Å². The molecule has 0 aromatic carbocycles. The van der Waals surface area contributed by atoms with Gasteiger partial charge in [-0.1, -0.05) is 31.6 Å². The van der Waals surface area contributed by atoms with Crippen molar-refractivity contribution in [2.75, 3.05) is 20.1 Å². The van der Waals surface area contributed by atoms with Crippen molar-refractivity contribution in [3.8, 4) is 0 Å². The molecule has 0 atom stereocenters. The first-order chi connectivity index (χ1) is 8.61. The van der Waals surface area contributed by atoms with E-state index in [-0.39, 0.29) is 13.1 Å². The summed E-state index contributed by atoms with van der Waals surface area (Å²) >= 11 is 0. The van der Waals surface area contributed by atoms with Crippen LogP contribution in [0.15, 0.2) is 24.2 Å². The highest BCUT2D eigenvalue weighted by Crippen LogP contribution is 2.01. The van der Waals surface area contributed by atoms with E-state index in [0.29, 0.717) is 0 Å². The van der Waals surface area contributed by atoms with Crippen LogP contribution < -0.4 is 0 Å². The van der Waals surface area contributed by atoms with E-state index in [4.69, 9.17) is 9.31 Å². The fourth-order valence-electron chi connectivity index (χ4n) is 1.43. The van der Waals surface area contributed by atoms with Crippen molar-refractivity contribution in [2.24, 2.45) is 0 Å². The Morgan fingerprint density at radius 1 is 1.22 bits per heavy atom. The van der Waals surface area contributed by atoms with Crippen LogP contribution in [0.5, 0.6) is 0 Å². The van der Waals surface area contributed by atoms with Gasteiger partial charge >= 0.3 is 19.1 Å². The van der Waals surface area contributed by atoms with Crippen molar-refractivity contribution < 1.29 is 18.9 Å². The molecule has 0 amide bonds. The summed E-state index contributed by atoms with van der Waals surface area (Å²) in [6, 6.07) is 0. The quantitative estimate of drug-likeness (QED) is 0.550. The molecule has 0 unspecified atom stereocenters. The minimum Gasteiger partial charge on any atom is -0.495 e. The number of rotatable bonds is 4. The summed E-state index contributed by atoms with van der Waals surface area (Å²) in [6.07, 6.45) is 7.61. The Morgan fingerprint density at radius 3 is 2.39 bits per heavy atom. The molecule has 0 N–H and O–H groups in total. The number of unbranched alkanes of at least 4 members (excludes halogenated alkanes) is 1. The van der Waals surface area contributed by atoms with Gasteiger partial charge in [0.15, 0.2) is 0 Å². The maximum absolute atomic E-state index is 11.4. The molecule has 0 saturated carbocycles. The predicted molar refractivity (Wildman–Crippen MR) is 68.6 cm³/mol. The molecule has 0 bridgehead atoms. The SMILES string of the molecule is CCC/C=C\C=C\B1OC(=O)CN(C)CC(=O)O1. The highest BCUT2D eigenvalue weighted by molar-refractivity contribution is 6.54. The monoisotopic (exact) mass is 251 g/mol. The molecule has 0 aliphatic carbocycles. The Hall–Kier alpha value is -1.56. The largest absolute Gasteiger partial charge is 0.628 e. The fourth-order valence-corrected chi connectivity index (χ4v) is 1.43. The van der Waals surface area contributed by atoms with Crippen molar-refractivity contribution in [1.82, 2.24) is 4.90 Å². The van der Waals surface area contributed by atoms with Gasteiger partial charge in [0.2, 0.25) is 0 Å². The molecule has 1 aliphatic heterocycles. The topological polar surface area (TPSA) is 55.8 Å². The molecular weight excluding hydrogens is 233 g/mol. The minimum absolute atomic E-state index is 0.0884. The zero-order valence-electron chi connectivity index (χ0n) is 10.8. The summed E-state index contributed by atoms with van der Waals surface area (Å²) in [5.41, 5.74) is 0. The molecular formula is C12H18BNO4. The second-order valence-corrected chi connectivity index (χ2v) is 4.12. The minimum atomic E-state index is -0.926. The molecule has 98 valence electrons. The van der Waals surface area contributed by atoms with E-state index in [1.807, 2.05) is 12.2 Å². The smallest absolute Gasteiger partial charge is 0.495 e. The van der Waals surface area contributed by atoms with Crippen LogP contribution in [0.3, 0.4) is 0 Å². The van der Waals surface area contributed by atoms with Crippen LogP contribution >= 0.6 is 0 Å². The van der Waals surface area contributed by atoms with Crippen LogP contribution in [0.25, 0.3) is 0 Å². The summed E-state index contributed by atoms with van der Waals surface area (Å²) < 4.78 is 9.99. The molecule has 0 radical (unpaired) electrons. The molecule has 1 saturated heterocycles. The van der Waals surface area contributed by atoms with E-state index < -0.39 is 19.1 Å². The van der Waals surface area contributed by atoms with Gasteiger partial charge in [-0.05, 0) is 19.4 Å². The van der Waals surface area contributed by atoms with Crippen molar-refractivity contribution in [2.45, 2.75) is 19.8 Å². The van der Waals surface area contributed by atoms with Crippen molar-refractivity contribution in [3.05, 3.63) is 24.2 Å². The molecule has 5 nitrogen and oxygen atoms in total. The first kappa shape index (κ1) is 14.5. The zero-order chi connectivity index (χ0) is 13.4. The van der Waals surface area contributed by atoms with E-state index in [1.54, 1.807) is 24.0 Å². The van der Waals surface area contributed by atoms with Crippen LogP contribution in [-0.2, 0) is 18.9 Å². The zero-order valence-corrected chi connectivity index (χ0v) is 10.8. The Balaban J connectivity index is 2.52. The average molecular weight is 251 g/mol. The predicted octanol–water partition coefficient (Wildman–Crippen LogP) is 0.958. The van der Waals surface area contributed by atoms with E-state index in [9.17, 15) is 9.59 Å². The molecule has 0 spiro atoms. The standard InChI is InChI=1S/C12H18BNO4/c1-3-4-5-6-7-8-13-17-11(15)9-14(2)10-12(16)18-13/h5-8H,3-4,9-10H2,1-2H3/b6-5-,8-7+. The number of likely N-dealkylation sites (N-methyl/N-ethyl adjacent to an activating group) is 1. The van der Waals surface area contributed by atoms with Gasteiger partial charge in [-0.15, -0.1) is 0 Å². The lowest BCUT2D eigenvalue weighted by Crippen LogP contribution is -2.41. The Bertz CT molecular complexity index is 334. The lowest BCUT2D eigenvalue weighted by molar-refractivity contribution is -0.145. The fraction of sp³-hybridized carbons (Fsp3) is 0.500. The third-order valence-corrected chi connectivity index (χ3v) is 2.26. The van der Waals surface area contributed by atoms with Gasteiger partial charge in [0.05, 0.1) is 13.1 Å². The molecule has 0 aromatic rings. The molecule has 18 heavy (non-hydrogen) atoms. The second-order valence-electron chi connectivity index (χ2n) is 4.12. The first-order valence-corrected chi connectivity index (χ1v) is 6.02. The van der Waals surface area contributed by atoms with Gasteiger partial charge in [-0.3, -0.25) is 14.5 Å². The third-order valence-electron chi connectivity index (χ3n) is 2.26. The highest BCUT2D eigenvalue weighted by atomic mass is 16.6.